The van der Waals surface area contributed by atoms with E-state index < -0.39 is 5.97 Å². The maximum absolute atomic E-state index is 10.7. The lowest BCUT2D eigenvalue weighted by atomic mass is 10.2. The highest BCUT2D eigenvalue weighted by molar-refractivity contribution is 5.84. The molecular formula is C20H27N5O2. The number of anilines is 1. The minimum Gasteiger partial charge on any atom is -0.476 e. The van der Waals surface area contributed by atoms with Crippen LogP contribution in [0.2, 0.25) is 0 Å². The molecule has 0 amide bonds. The SMILES string of the molecule is O=C(O)c1cnc(NCCCCN2CCN(Cc3ccccc3)CC2)cn1. The van der Waals surface area contributed by atoms with Crippen LogP contribution < -0.4 is 5.32 Å². The smallest absolute Gasteiger partial charge is 0.356 e. The zero-order valence-corrected chi connectivity index (χ0v) is 15.5. The van der Waals surface area contributed by atoms with Crippen LogP contribution in [-0.4, -0.2) is 70.1 Å². The molecule has 1 aromatic carbocycles. The summed E-state index contributed by atoms with van der Waals surface area (Å²) in [5.41, 5.74) is 1.35. The largest absolute Gasteiger partial charge is 0.476 e. The molecule has 0 atom stereocenters. The van der Waals surface area contributed by atoms with Crippen molar-refractivity contribution in [1.29, 1.82) is 0 Å². The van der Waals surface area contributed by atoms with E-state index in [1.807, 2.05) is 0 Å². The molecule has 0 saturated carbocycles. The van der Waals surface area contributed by atoms with Crippen LogP contribution in [0.3, 0.4) is 0 Å². The van der Waals surface area contributed by atoms with E-state index in [1.54, 1.807) is 0 Å². The molecule has 2 N–H and O–H groups in total. The summed E-state index contributed by atoms with van der Waals surface area (Å²) in [6.07, 6.45) is 4.92. The maximum Gasteiger partial charge on any atom is 0.356 e. The van der Waals surface area contributed by atoms with Gasteiger partial charge in [-0.3, -0.25) is 4.90 Å². The number of carboxylic acids is 1. The third-order valence-electron chi connectivity index (χ3n) is 4.79. The number of carboxylic acid groups (broad SMARTS) is 1. The Hall–Kier alpha value is -2.51. The van der Waals surface area contributed by atoms with Crippen LogP contribution in [0.25, 0.3) is 0 Å². The molecule has 2 heterocycles. The van der Waals surface area contributed by atoms with Gasteiger partial charge in [0.25, 0.3) is 0 Å². The molecule has 1 aliphatic heterocycles. The van der Waals surface area contributed by atoms with Crippen LogP contribution >= 0.6 is 0 Å². The molecule has 144 valence electrons. The van der Waals surface area contributed by atoms with Crippen molar-refractivity contribution in [3.8, 4) is 0 Å². The van der Waals surface area contributed by atoms with Crippen LogP contribution in [0.4, 0.5) is 5.82 Å². The first-order valence-electron chi connectivity index (χ1n) is 9.48. The molecule has 1 aliphatic rings. The molecule has 0 radical (unpaired) electrons. The fourth-order valence-electron chi connectivity index (χ4n) is 3.22. The third kappa shape index (κ3) is 6.30. The molecule has 0 spiro atoms. The monoisotopic (exact) mass is 369 g/mol. The normalized spacial score (nSPS) is 15.6. The first-order valence-corrected chi connectivity index (χ1v) is 9.48. The topological polar surface area (TPSA) is 81.6 Å². The fourth-order valence-corrected chi connectivity index (χ4v) is 3.22. The number of aromatic nitrogens is 2. The number of unbranched alkanes of at least 4 members (excludes halogenated alkanes) is 1. The molecule has 1 fully saturated rings. The van der Waals surface area contributed by atoms with E-state index in [0.717, 1.165) is 58.7 Å². The number of nitrogens with one attached hydrogen (secondary N) is 1. The zero-order valence-electron chi connectivity index (χ0n) is 15.5. The Kier molecular flexibility index (Phi) is 7.12. The van der Waals surface area contributed by atoms with Gasteiger partial charge in [0, 0.05) is 39.3 Å². The number of hydrogen-bond donors (Lipinski definition) is 2. The summed E-state index contributed by atoms with van der Waals surface area (Å²) in [5.74, 6) is -0.438. The summed E-state index contributed by atoms with van der Waals surface area (Å²) >= 11 is 0. The summed E-state index contributed by atoms with van der Waals surface area (Å²) < 4.78 is 0. The van der Waals surface area contributed by atoms with E-state index in [-0.39, 0.29) is 5.69 Å². The molecule has 7 heteroatoms. The second-order valence-corrected chi connectivity index (χ2v) is 6.83. The predicted molar refractivity (Wildman–Crippen MR) is 105 cm³/mol. The van der Waals surface area contributed by atoms with Crippen molar-refractivity contribution in [3.63, 3.8) is 0 Å². The van der Waals surface area contributed by atoms with Gasteiger partial charge in [-0.05, 0) is 24.9 Å². The maximum atomic E-state index is 10.7. The Labute approximate surface area is 160 Å². The van der Waals surface area contributed by atoms with Gasteiger partial charge in [-0.15, -0.1) is 0 Å². The minimum absolute atomic E-state index is 0.0352. The van der Waals surface area contributed by atoms with Crippen molar-refractivity contribution in [2.24, 2.45) is 0 Å². The lowest BCUT2D eigenvalue weighted by molar-refractivity contribution is 0.0690. The van der Waals surface area contributed by atoms with Crippen LogP contribution in [0.5, 0.6) is 0 Å². The lowest BCUT2D eigenvalue weighted by Crippen LogP contribution is -2.46. The number of piperazine rings is 1. The van der Waals surface area contributed by atoms with Crippen molar-refractivity contribution in [2.45, 2.75) is 19.4 Å². The molecule has 1 saturated heterocycles. The highest BCUT2D eigenvalue weighted by Gasteiger charge is 2.16. The number of hydrogen-bond acceptors (Lipinski definition) is 6. The minimum atomic E-state index is -1.06. The van der Waals surface area contributed by atoms with Gasteiger partial charge in [-0.1, -0.05) is 30.3 Å². The zero-order chi connectivity index (χ0) is 18.9. The first-order chi connectivity index (χ1) is 13.2. The number of aromatic carboxylic acids is 1. The summed E-state index contributed by atoms with van der Waals surface area (Å²) in [6, 6.07) is 10.7. The highest BCUT2D eigenvalue weighted by atomic mass is 16.4. The standard InChI is InChI=1S/C20H27N5O2/c26-20(27)18-14-23-19(15-22-18)21-8-4-5-9-24-10-12-25(13-11-24)16-17-6-2-1-3-7-17/h1-3,6-7,14-15H,4-5,8-13,16H2,(H,21,23)(H,26,27). The molecular weight excluding hydrogens is 342 g/mol. The van der Waals surface area contributed by atoms with Gasteiger partial charge < -0.3 is 15.3 Å². The molecule has 0 bridgehead atoms. The lowest BCUT2D eigenvalue weighted by Gasteiger charge is -2.34. The van der Waals surface area contributed by atoms with Gasteiger partial charge in [0.2, 0.25) is 0 Å². The van der Waals surface area contributed by atoms with Crippen molar-refractivity contribution >= 4 is 11.8 Å². The van der Waals surface area contributed by atoms with Crippen molar-refractivity contribution in [1.82, 2.24) is 19.8 Å². The average molecular weight is 369 g/mol. The Balaban J connectivity index is 1.26. The summed E-state index contributed by atoms with van der Waals surface area (Å²) in [6.45, 7) is 7.47. The Morgan fingerprint density at radius 1 is 1.00 bits per heavy atom. The van der Waals surface area contributed by atoms with E-state index in [0.29, 0.717) is 5.82 Å². The number of carbonyl (C=O) groups is 1. The summed E-state index contributed by atoms with van der Waals surface area (Å²) in [4.78, 5) is 23.7. The second-order valence-electron chi connectivity index (χ2n) is 6.83. The fraction of sp³-hybridized carbons (Fsp3) is 0.450. The van der Waals surface area contributed by atoms with Gasteiger partial charge in [0.05, 0.1) is 12.4 Å². The number of nitrogens with zero attached hydrogens (tertiary/aromatic N) is 4. The van der Waals surface area contributed by atoms with Gasteiger partial charge in [0.15, 0.2) is 5.69 Å². The van der Waals surface area contributed by atoms with Gasteiger partial charge in [0.1, 0.15) is 5.82 Å². The van der Waals surface area contributed by atoms with E-state index in [9.17, 15) is 4.79 Å². The first kappa shape index (κ1) is 19.3. The van der Waals surface area contributed by atoms with E-state index in [4.69, 9.17) is 5.11 Å². The van der Waals surface area contributed by atoms with Crippen LogP contribution in [0, 0.1) is 0 Å². The van der Waals surface area contributed by atoms with E-state index in [1.165, 1.54) is 18.0 Å². The Morgan fingerprint density at radius 3 is 2.41 bits per heavy atom. The quantitative estimate of drug-likeness (QED) is 0.656. The van der Waals surface area contributed by atoms with Gasteiger partial charge in [-0.25, -0.2) is 14.8 Å². The number of rotatable bonds is 9. The van der Waals surface area contributed by atoms with Crippen molar-refractivity contribution < 1.29 is 9.90 Å². The Bertz CT molecular complexity index is 700. The van der Waals surface area contributed by atoms with Gasteiger partial charge in [-0.2, -0.15) is 0 Å². The third-order valence-corrected chi connectivity index (χ3v) is 4.79. The van der Waals surface area contributed by atoms with Crippen molar-refractivity contribution in [2.75, 3.05) is 44.6 Å². The highest BCUT2D eigenvalue weighted by Crippen LogP contribution is 2.09. The molecule has 0 aliphatic carbocycles. The summed E-state index contributed by atoms with van der Waals surface area (Å²) in [5, 5.41) is 12.0. The average Bonchev–Trinajstić information content (AvgIpc) is 2.70. The van der Waals surface area contributed by atoms with Crippen LogP contribution in [-0.2, 0) is 6.54 Å². The molecule has 3 rings (SSSR count). The van der Waals surface area contributed by atoms with Crippen LogP contribution in [0.1, 0.15) is 28.9 Å². The Morgan fingerprint density at radius 2 is 1.74 bits per heavy atom. The number of benzene rings is 1. The van der Waals surface area contributed by atoms with E-state index >= 15 is 0 Å². The molecule has 7 nitrogen and oxygen atoms in total. The molecule has 2 aromatic rings. The van der Waals surface area contributed by atoms with Gasteiger partial charge >= 0.3 is 5.97 Å². The molecule has 0 unspecified atom stereocenters. The second kappa shape index (κ2) is 9.99. The summed E-state index contributed by atoms with van der Waals surface area (Å²) in [7, 11) is 0. The molecule has 27 heavy (non-hydrogen) atoms. The van der Waals surface area contributed by atoms with E-state index in [2.05, 4.69) is 55.4 Å². The predicted octanol–water partition coefficient (Wildman–Crippen LogP) is 2.18. The van der Waals surface area contributed by atoms with Crippen LogP contribution in [0.15, 0.2) is 42.7 Å². The molecule has 1 aromatic heterocycles. The van der Waals surface area contributed by atoms with Crippen molar-refractivity contribution in [3.05, 3.63) is 54.0 Å².